The molecule has 0 aromatic rings. The molecule has 1 saturated heterocycles. The fourth-order valence-electron chi connectivity index (χ4n) is 2.35. The van der Waals surface area contributed by atoms with Crippen LogP contribution >= 0.6 is 0 Å². The van der Waals surface area contributed by atoms with Crippen LogP contribution in [0.15, 0.2) is 0 Å². The lowest BCUT2D eigenvalue weighted by Gasteiger charge is -2.42. The first-order valence-electron chi connectivity index (χ1n) is 5.53. The Morgan fingerprint density at radius 3 is 1.86 bits per heavy atom. The van der Waals surface area contributed by atoms with Crippen molar-refractivity contribution in [1.29, 1.82) is 0 Å². The lowest BCUT2D eigenvalue weighted by molar-refractivity contribution is 0.0570. The SMILES string of the molecule is CC(C)(C)[C@@H]1C[C@H](F)CN1C(C)(C)C. The van der Waals surface area contributed by atoms with Crippen molar-refractivity contribution in [1.82, 2.24) is 4.90 Å². The van der Waals surface area contributed by atoms with E-state index in [-0.39, 0.29) is 11.0 Å². The molecular weight excluding hydrogens is 177 g/mol. The van der Waals surface area contributed by atoms with Crippen LogP contribution in [-0.2, 0) is 0 Å². The van der Waals surface area contributed by atoms with Crippen molar-refractivity contribution in [3.8, 4) is 0 Å². The van der Waals surface area contributed by atoms with E-state index < -0.39 is 6.17 Å². The molecule has 0 aromatic heterocycles. The summed E-state index contributed by atoms with van der Waals surface area (Å²) in [6.45, 7) is 13.7. The van der Waals surface area contributed by atoms with Crippen LogP contribution in [0.3, 0.4) is 0 Å². The average Bonchev–Trinajstić information content (AvgIpc) is 2.27. The molecule has 0 amide bonds. The Hall–Kier alpha value is -0.110. The van der Waals surface area contributed by atoms with E-state index in [2.05, 4.69) is 46.4 Å². The molecule has 0 bridgehead atoms. The molecule has 1 heterocycles. The van der Waals surface area contributed by atoms with Gasteiger partial charge in [-0.15, -0.1) is 0 Å². The maximum atomic E-state index is 13.4. The maximum absolute atomic E-state index is 13.4. The maximum Gasteiger partial charge on any atom is 0.114 e. The van der Waals surface area contributed by atoms with Crippen molar-refractivity contribution in [2.24, 2.45) is 5.41 Å². The number of nitrogens with zero attached hydrogens (tertiary/aromatic N) is 1. The molecule has 2 heteroatoms. The Morgan fingerprint density at radius 1 is 1.07 bits per heavy atom. The summed E-state index contributed by atoms with van der Waals surface area (Å²) in [4.78, 5) is 2.32. The predicted octanol–water partition coefficient (Wildman–Crippen LogP) is 3.24. The average molecular weight is 201 g/mol. The second kappa shape index (κ2) is 3.48. The first-order valence-corrected chi connectivity index (χ1v) is 5.53. The minimum absolute atomic E-state index is 0.0821. The van der Waals surface area contributed by atoms with E-state index in [4.69, 9.17) is 0 Å². The van der Waals surface area contributed by atoms with E-state index >= 15 is 0 Å². The van der Waals surface area contributed by atoms with E-state index in [9.17, 15) is 4.39 Å². The van der Waals surface area contributed by atoms with Crippen LogP contribution in [0.1, 0.15) is 48.0 Å². The third kappa shape index (κ3) is 2.47. The molecule has 84 valence electrons. The molecule has 1 fully saturated rings. The zero-order valence-electron chi connectivity index (χ0n) is 10.4. The summed E-state index contributed by atoms with van der Waals surface area (Å²) in [5, 5.41) is 0. The minimum atomic E-state index is -0.640. The molecule has 1 aliphatic rings. The molecular formula is C12H24FN. The van der Waals surface area contributed by atoms with Gasteiger partial charge in [-0.05, 0) is 32.6 Å². The second-order valence-electron chi connectivity index (χ2n) is 6.54. The molecule has 14 heavy (non-hydrogen) atoms. The highest BCUT2D eigenvalue weighted by atomic mass is 19.1. The van der Waals surface area contributed by atoms with Crippen LogP contribution in [0.5, 0.6) is 0 Å². The molecule has 0 aromatic carbocycles. The highest BCUT2D eigenvalue weighted by Crippen LogP contribution is 2.37. The van der Waals surface area contributed by atoms with Gasteiger partial charge in [0, 0.05) is 18.1 Å². The van der Waals surface area contributed by atoms with Gasteiger partial charge in [0.1, 0.15) is 6.17 Å². The molecule has 0 unspecified atom stereocenters. The topological polar surface area (TPSA) is 3.24 Å². The van der Waals surface area contributed by atoms with Gasteiger partial charge in [-0.1, -0.05) is 20.8 Å². The summed E-state index contributed by atoms with van der Waals surface area (Å²) in [7, 11) is 0. The highest BCUT2D eigenvalue weighted by Gasteiger charge is 2.43. The summed E-state index contributed by atoms with van der Waals surface area (Å²) in [5.74, 6) is 0. The van der Waals surface area contributed by atoms with E-state index in [1.165, 1.54) is 0 Å². The smallest absolute Gasteiger partial charge is 0.114 e. The van der Waals surface area contributed by atoms with Gasteiger partial charge in [-0.3, -0.25) is 4.90 Å². The molecule has 0 radical (unpaired) electrons. The Kier molecular flexibility index (Phi) is 2.97. The van der Waals surface area contributed by atoms with Gasteiger partial charge >= 0.3 is 0 Å². The molecule has 1 aliphatic heterocycles. The first kappa shape index (κ1) is 12.0. The summed E-state index contributed by atoms with van der Waals surface area (Å²) in [6.07, 6.45) is 0.0549. The van der Waals surface area contributed by atoms with Crippen LogP contribution < -0.4 is 0 Å². The monoisotopic (exact) mass is 201 g/mol. The Balaban J connectivity index is 2.84. The van der Waals surface area contributed by atoms with Gasteiger partial charge in [-0.25, -0.2) is 4.39 Å². The lowest BCUT2D eigenvalue weighted by atomic mass is 9.83. The van der Waals surface area contributed by atoms with Crippen LogP contribution in [-0.4, -0.2) is 29.2 Å². The van der Waals surface area contributed by atoms with Gasteiger partial charge in [0.05, 0.1) is 0 Å². The third-order valence-corrected chi connectivity index (χ3v) is 3.11. The minimum Gasteiger partial charge on any atom is -0.292 e. The standard InChI is InChI=1S/C12H24FN/c1-11(2,3)10-7-9(13)8-14(10)12(4,5)6/h9-10H,7-8H2,1-6H3/t9-,10-/m0/s1. The normalized spacial score (nSPS) is 31.1. The number of alkyl halides is 1. The molecule has 0 spiro atoms. The fourth-order valence-corrected chi connectivity index (χ4v) is 2.35. The van der Waals surface area contributed by atoms with Crippen molar-refractivity contribution in [2.75, 3.05) is 6.54 Å². The number of rotatable bonds is 0. The molecule has 0 saturated carbocycles. The summed E-state index contributed by atoms with van der Waals surface area (Å²) in [6, 6.07) is 0.373. The van der Waals surface area contributed by atoms with E-state index in [1.54, 1.807) is 0 Å². The van der Waals surface area contributed by atoms with Gasteiger partial charge < -0.3 is 0 Å². The number of halogens is 1. The number of likely N-dealkylation sites (tertiary alicyclic amines) is 1. The Morgan fingerprint density at radius 2 is 1.57 bits per heavy atom. The predicted molar refractivity (Wildman–Crippen MR) is 59.2 cm³/mol. The summed E-state index contributed by atoms with van der Waals surface area (Å²) < 4.78 is 13.4. The van der Waals surface area contributed by atoms with Gasteiger partial charge in [0.2, 0.25) is 0 Å². The molecule has 0 aliphatic carbocycles. The van der Waals surface area contributed by atoms with E-state index in [1.807, 2.05) is 0 Å². The molecule has 2 atom stereocenters. The van der Waals surface area contributed by atoms with Crippen molar-refractivity contribution >= 4 is 0 Å². The van der Waals surface area contributed by atoms with E-state index in [0.29, 0.717) is 19.0 Å². The third-order valence-electron chi connectivity index (χ3n) is 3.11. The van der Waals surface area contributed by atoms with Crippen LogP contribution in [0, 0.1) is 5.41 Å². The Bertz CT molecular complexity index is 177. The van der Waals surface area contributed by atoms with E-state index in [0.717, 1.165) is 0 Å². The number of hydrogen-bond donors (Lipinski definition) is 0. The largest absolute Gasteiger partial charge is 0.292 e. The second-order valence-corrected chi connectivity index (χ2v) is 6.54. The molecule has 1 nitrogen and oxygen atoms in total. The molecule has 1 rings (SSSR count). The summed E-state index contributed by atoms with van der Waals surface area (Å²) in [5.41, 5.74) is 0.257. The quantitative estimate of drug-likeness (QED) is 0.581. The molecule has 0 N–H and O–H groups in total. The van der Waals surface area contributed by atoms with Crippen LogP contribution in [0.25, 0.3) is 0 Å². The summed E-state index contributed by atoms with van der Waals surface area (Å²) >= 11 is 0. The number of hydrogen-bond acceptors (Lipinski definition) is 1. The fraction of sp³-hybridized carbons (Fsp3) is 1.00. The zero-order chi connectivity index (χ0) is 11.1. The lowest BCUT2D eigenvalue weighted by Crippen LogP contribution is -2.49. The van der Waals surface area contributed by atoms with Crippen molar-refractivity contribution < 1.29 is 4.39 Å². The van der Waals surface area contributed by atoms with Gasteiger partial charge in [0.25, 0.3) is 0 Å². The van der Waals surface area contributed by atoms with Crippen molar-refractivity contribution in [3.05, 3.63) is 0 Å². The van der Waals surface area contributed by atoms with Crippen LogP contribution in [0.2, 0.25) is 0 Å². The Labute approximate surface area is 87.7 Å². The van der Waals surface area contributed by atoms with Crippen LogP contribution in [0.4, 0.5) is 4.39 Å². The van der Waals surface area contributed by atoms with Gasteiger partial charge in [-0.2, -0.15) is 0 Å². The van der Waals surface area contributed by atoms with Crippen molar-refractivity contribution in [2.45, 2.75) is 65.7 Å². The zero-order valence-corrected chi connectivity index (χ0v) is 10.4. The van der Waals surface area contributed by atoms with Gasteiger partial charge in [0.15, 0.2) is 0 Å². The first-order chi connectivity index (χ1) is 6.12. The highest BCUT2D eigenvalue weighted by molar-refractivity contribution is 4.97. The van der Waals surface area contributed by atoms with Crippen molar-refractivity contribution in [3.63, 3.8) is 0 Å².